The van der Waals surface area contributed by atoms with Gasteiger partial charge in [-0.05, 0) is 31.2 Å². The first-order valence-electron chi connectivity index (χ1n) is 7.06. The van der Waals surface area contributed by atoms with Crippen LogP contribution in [0.2, 0.25) is 0 Å². The Kier molecular flexibility index (Phi) is 5.69. The van der Waals surface area contributed by atoms with E-state index in [1.54, 1.807) is 0 Å². The molecule has 0 saturated carbocycles. The molecular formula is C17H19F2NO. The lowest BCUT2D eigenvalue weighted by Gasteiger charge is -2.12. The first-order valence-corrected chi connectivity index (χ1v) is 7.06. The van der Waals surface area contributed by atoms with Crippen LogP contribution in [0, 0.1) is 11.6 Å². The summed E-state index contributed by atoms with van der Waals surface area (Å²) >= 11 is 0. The zero-order chi connectivity index (χ0) is 15.1. The van der Waals surface area contributed by atoms with E-state index in [1.807, 2.05) is 24.3 Å². The third-order valence-corrected chi connectivity index (χ3v) is 3.15. The van der Waals surface area contributed by atoms with Crippen LogP contribution in [0.1, 0.15) is 24.5 Å². The first kappa shape index (κ1) is 15.4. The summed E-state index contributed by atoms with van der Waals surface area (Å²) in [6, 6.07) is 11.3. The number of ether oxygens (including phenoxy) is 1. The molecule has 0 amide bonds. The average Bonchev–Trinajstić information content (AvgIpc) is 2.48. The van der Waals surface area contributed by atoms with Crippen molar-refractivity contribution in [3.63, 3.8) is 0 Å². The lowest BCUT2D eigenvalue weighted by atomic mass is 10.2. The highest BCUT2D eigenvalue weighted by Crippen LogP contribution is 2.21. The molecule has 0 aromatic heterocycles. The molecule has 2 rings (SSSR count). The summed E-state index contributed by atoms with van der Waals surface area (Å²) in [6.45, 7) is 3.56. The second kappa shape index (κ2) is 7.74. The van der Waals surface area contributed by atoms with Crippen LogP contribution in [0.15, 0.2) is 42.5 Å². The predicted molar refractivity (Wildman–Crippen MR) is 79.1 cm³/mol. The van der Waals surface area contributed by atoms with E-state index >= 15 is 0 Å². The van der Waals surface area contributed by atoms with Gasteiger partial charge in [0.1, 0.15) is 24.0 Å². The normalized spacial score (nSPS) is 10.6. The van der Waals surface area contributed by atoms with Gasteiger partial charge in [0.25, 0.3) is 0 Å². The van der Waals surface area contributed by atoms with E-state index < -0.39 is 11.6 Å². The van der Waals surface area contributed by atoms with Crippen LogP contribution in [-0.4, -0.2) is 6.54 Å². The zero-order valence-corrected chi connectivity index (χ0v) is 12.0. The number of halogens is 2. The van der Waals surface area contributed by atoms with Gasteiger partial charge in [-0.15, -0.1) is 0 Å². The summed E-state index contributed by atoms with van der Waals surface area (Å²) in [7, 11) is 0. The summed E-state index contributed by atoms with van der Waals surface area (Å²) in [5, 5.41) is 3.28. The van der Waals surface area contributed by atoms with Crippen molar-refractivity contribution in [2.45, 2.75) is 26.5 Å². The Morgan fingerprint density at radius 2 is 1.71 bits per heavy atom. The first-order chi connectivity index (χ1) is 10.2. The van der Waals surface area contributed by atoms with Crippen molar-refractivity contribution in [3.8, 4) is 5.75 Å². The molecule has 1 N–H and O–H groups in total. The van der Waals surface area contributed by atoms with E-state index in [0.29, 0.717) is 12.3 Å². The number of hydrogen-bond donors (Lipinski definition) is 1. The van der Waals surface area contributed by atoms with Crippen molar-refractivity contribution in [2.75, 3.05) is 6.54 Å². The molecule has 0 atom stereocenters. The fraction of sp³-hybridized carbons (Fsp3) is 0.294. The molecular weight excluding hydrogens is 272 g/mol. The van der Waals surface area contributed by atoms with Gasteiger partial charge >= 0.3 is 0 Å². The van der Waals surface area contributed by atoms with Crippen LogP contribution in [0.3, 0.4) is 0 Å². The monoisotopic (exact) mass is 291 g/mol. The maximum atomic E-state index is 13.6. The minimum absolute atomic E-state index is 0.0474. The molecule has 0 aliphatic rings. The van der Waals surface area contributed by atoms with E-state index in [0.717, 1.165) is 18.5 Å². The molecule has 0 unspecified atom stereocenters. The summed E-state index contributed by atoms with van der Waals surface area (Å²) in [5.41, 5.74) is 0.927. The lowest BCUT2D eigenvalue weighted by molar-refractivity contribution is 0.289. The fourth-order valence-corrected chi connectivity index (χ4v) is 2.01. The standard InChI is InChI=1S/C17H19F2NO/c1-2-10-20-11-13-6-3-4-9-17(13)21-12-14-15(18)7-5-8-16(14)19/h3-9,20H,2,10-12H2,1H3. The Balaban J connectivity index is 2.06. The SMILES string of the molecule is CCCNCc1ccccc1OCc1c(F)cccc1F. The summed E-state index contributed by atoms with van der Waals surface area (Å²) in [4.78, 5) is 0. The number of rotatable bonds is 7. The highest BCUT2D eigenvalue weighted by Gasteiger charge is 2.10. The maximum absolute atomic E-state index is 13.6. The van der Waals surface area contributed by atoms with Gasteiger partial charge < -0.3 is 10.1 Å². The van der Waals surface area contributed by atoms with Crippen LogP contribution < -0.4 is 10.1 Å². The molecule has 0 bridgehead atoms. The Bertz CT molecular complexity index is 567. The van der Waals surface area contributed by atoms with E-state index in [2.05, 4.69) is 12.2 Å². The van der Waals surface area contributed by atoms with Crippen molar-refractivity contribution in [3.05, 3.63) is 65.2 Å². The van der Waals surface area contributed by atoms with Crippen LogP contribution in [0.4, 0.5) is 8.78 Å². The number of hydrogen-bond acceptors (Lipinski definition) is 2. The molecule has 0 radical (unpaired) electrons. The minimum atomic E-state index is -0.586. The molecule has 4 heteroatoms. The van der Waals surface area contributed by atoms with Gasteiger partial charge in [0.2, 0.25) is 0 Å². The van der Waals surface area contributed by atoms with Crippen molar-refractivity contribution in [2.24, 2.45) is 0 Å². The highest BCUT2D eigenvalue weighted by molar-refractivity contribution is 5.33. The van der Waals surface area contributed by atoms with E-state index in [9.17, 15) is 8.78 Å². The topological polar surface area (TPSA) is 21.3 Å². The van der Waals surface area contributed by atoms with Gasteiger partial charge in [-0.3, -0.25) is 0 Å². The van der Waals surface area contributed by atoms with Crippen LogP contribution >= 0.6 is 0 Å². The van der Waals surface area contributed by atoms with E-state index in [-0.39, 0.29) is 12.2 Å². The van der Waals surface area contributed by atoms with Gasteiger partial charge in [-0.25, -0.2) is 8.78 Å². The van der Waals surface area contributed by atoms with E-state index in [4.69, 9.17) is 4.74 Å². The molecule has 2 nitrogen and oxygen atoms in total. The summed E-state index contributed by atoms with van der Waals surface area (Å²) < 4.78 is 32.7. The summed E-state index contributed by atoms with van der Waals surface area (Å²) in [5.74, 6) is -0.531. The second-order valence-corrected chi connectivity index (χ2v) is 4.77. The third kappa shape index (κ3) is 4.26. The molecule has 0 heterocycles. The molecule has 2 aromatic rings. The Morgan fingerprint density at radius 3 is 2.43 bits per heavy atom. The fourth-order valence-electron chi connectivity index (χ4n) is 2.01. The van der Waals surface area contributed by atoms with Crippen molar-refractivity contribution in [1.82, 2.24) is 5.32 Å². The minimum Gasteiger partial charge on any atom is -0.488 e. The second-order valence-electron chi connectivity index (χ2n) is 4.77. The molecule has 112 valence electrons. The van der Waals surface area contributed by atoms with Gasteiger partial charge in [-0.1, -0.05) is 31.2 Å². The summed E-state index contributed by atoms with van der Waals surface area (Å²) in [6.07, 6.45) is 1.05. The number of para-hydroxylation sites is 1. The maximum Gasteiger partial charge on any atom is 0.132 e. The zero-order valence-electron chi connectivity index (χ0n) is 12.0. The highest BCUT2D eigenvalue weighted by atomic mass is 19.1. The molecule has 0 saturated heterocycles. The van der Waals surface area contributed by atoms with E-state index in [1.165, 1.54) is 18.2 Å². The smallest absolute Gasteiger partial charge is 0.132 e. The van der Waals surface area contributed by atoms with Crippen LogP contribution in [0.25, 0.3) is 0 Å². The largest absolute Gasteiger partial charge is 0.488 e. The average molecular weight is 291 g/mol. The van der Waals surface area contributed by atoms with Gasteiger partial charge in [0.05, 0.1) is 5.56 Å². The van der Waals surface area contributed by atoms with Crippen LogP contribution in [0.5, 0.6) is 5.75 Å². The number of nitrogens with one attached hydrogen (secondary N) is 1. The quantitative estimate of drug-likeness (QED) is 0.777. The molecule has 0 spiro atoms. The lowest BCUT2D eigenvalue weighted by Crippen LogP contribution is -2.14. The predicted octanol–water partition coefficient (Wildman–Crippen LogP) is 4.04. The molecule has 0 aliphatic carbocycles. The molecule has 2 aromatic carbocycles. The van der Waals surface area contributed by atoms with Crippen molar-refractivity contribution < 1.29 is 13.5 Å². The third-order valence-electron chi connectivity index (χ3n) is 3.15. The van der Waals surface area contributed by atoms with Crippen LogP contribution in [-0.2, 0) is 13.2 Å². The Labute approximate surface area is 123 Å². The Morgan fingerprint density at radius 1 is 1.00 bits per heavy atom. The van der Waals surface area contributed by atoms with Crippen molar-refractivity contribution >= 4 is 0 Å². The van der Waals surface area contributed by atoms with Crippen molar-refractivity contribution in [1.29, 1.82) is 0 Å². The molecule has 0 aliphatic heterocycles. The molecule has 21 heavy (non-hydrogen) atoms. The van der Waals surface area contributed by atoms with Gasteiger partial charge in [0.15, 0.2) is 0 Å². The van der Waals surface area contributed by atoms with Gasteiger partial charge in [0, 0.05) is 12.1 Å². The Hall–Kier alpha value is -1.94. The van der Waals surface area contributed by atoms with Gasteiger partial charge in [-0.2, -0.15) is 0 Å². The number of benzene rings is 2. The molecule has 0 fully saturated rings.